The van der Waals surface area contributed by atoms with Crippen LogP contribution in [0.15, 0.2) is 24.3 Å². The van der Waals surface area contributed by atoms with E-state index in [-0.39, 0.29) is 5.91 Å². The molecule has 0 saturated carbocycles. The lowest BCUT2D eigenvalue weighted by Crippen LogP contribution is -2.50. The van der Waals surface area contributed by atoms with Crippen LogP contribution in [0.25, 0.3) is 0 Å². The first kappa shape index (κ1) is 13.9. The van der Waals surface area contributed by atoms with E-state index in [0.29, 0.717) is 13.1 Å². The second kappa shape index (κ2) is 6.06. The summed E-state index contributed by atoms with van der Waals surface area (Å²) < 4.78 is 0. The van der Waals surface area contributed by atoms with Gasteiger partial charge in [-0.15, -0.1) is 0 Å². The molecule has 1 saturated heterocycles. The summed E-state index contributed by atoms with van der Waals surface area (Å²) in [5, 5.41) is 0. The fraction of sp³-hybridized carbons (Fsp3) is 0.467. The van der Waals surface area contributed by atoms with Gasteiger partial charge in [0.2, 0.25) is 5.91 Å². The number of nitrogens with two attached hydrogens (primary N) is 1. The van der Waals surface area contributed by atoms with Crippen LogP contribution in [0, 0.1) is 5.92 Å². The second-order valence-corrected chi connectivity index (χ2v) is 5.47. The van der Waals surface area contributed by atoms with E-state index < -0.39 is 0 Å². The number of carbonyl (C=O) groups is 1. The number of amides is 1. The van der Waals surface area contributed by atoms with Gasteiger partial charge in [-0.2, -0.15) is 0 Å². The number of anilines is 1. The molecule has 2 rings (SSSR count). The van der Waals surface area contributed by atoms with Gasteiger partial charge in [-0.05, 0) is 23.6 Å². The van der Waals surface area contributed by atoms with Crippen LogP contribution >= 0.6 is 0 Å². The van der Waals surface area contributed by atoms with Gasteiger partial charge in [0.05, 0.1) is 6.54 Å². The van der Waals surface area contributed by atoms with E-state index in [1.54, 1.807) is 0 Å². The Kier molecular flexibility index (Phi) is 4.43. The standard InChI is InChI=1S/C15H22N3O/c1-12(2)9-17-7-8-18(15(19)11-17)10-13-3-5-14(16)6-4-13/h3-6H,7-11,16H2,1-2H3. The third-order valence-corrected chi connectivity index (χ3v) is 3.29. The van der Waals surface area contributed by atoms with Crippen LogP contribution < -0.4 is 5.73 Å². The second-order valence-electron chi connectivity index (χ2n) is 5.47. The molecule has 1 radical (unpaired) electrons. The van der Waals surface area contributed by atoms with Crippen LogP contribution in [0.2, 0.25) is 0 Å². The van der Waals surface area contributed by atoms with Gasteiger partial charge in [0.15, 0.2) is 0 Å². The molecule has 0 unspecified atom stereocenters. The number of benzene rings is 1. The van der Waals surface area contributed by atoms with Crippen LogP contribution in [0.1, 0.15) is 19.4 Å². The molecule has 1 aromatic rings. The van der Waals surface area contributed by atoms with E-state index in [2.05, 4.69) is 18.7 Å². The van der Waals surface area contributed by atoms with Crippen molar-refractivity contribution in [3.05, 3.63) is 35.7 Å². The Balaban J connectivity index is 1.89. The average Bonchev–Trinajstić information content (AvgIpc) is 2.34. The van der Waals surface area contributed by atoms with Crippen molar-refractivity contribution < 1.29 is 4.79 Å². The van der Waals surface area contributed by atoms with Gasteiger partial charge >= 0.3 is 0 Å². The topological polar surface area (TPSA) is 49.6 Å². The fourth-order valence-electron chi connectivity index (χ4n) is 2.35. The maximum absolute atomic E-state index is 12.1. The predicted octanol–water partition coefficient (Wildman–Crippen LogP) is 1.53. The molecule has 0 spiro atoms. The van der Waals surface area contributed by atoms with Crippen LogP contribution in [-0.4, -0.2) is 41.9 Å². The molecule has 1 aromatic carbocycles. The third kappa shape index (κ3) is 3.96. The molecule has 0 atom stereocenters. The van der Waals surface area contributed by atoms with Gasteiger partial charge < -0.3 is 10.6 Å². The monoisotopic (exact) mass is 260 g/mol. The molecule has 1 aliphatic heterocycles. The highest BCUT2D eigenvalue weighted by Gasteiger charge is 2.24. The Labute approximate surface area is 115 Å². The van der Waals surface area contributed by atoms with Crippen molar-refractivity contribution in [1.29, 1.82) is 0 Å². The lowest BCUT2D eigenvalue weighted by atomic mass is 10.1. The van der Waals surface area contributed by atoms with Crippen molar-refractivity contribution in [2.24, 2.45) is 0 Å². The zero-order chi connectivity index (χ0) is 13.8. The maximum atomic E-state index is 12.1. The number of nitrogen functional groups attached to an aromatic ring is 1. The highest BCUT2D eigenvalue weighted by atomic mass is 16.2. The molecule has 4 heteroatoms. The SMILES string of the molecule is C[C](C)CN1CCN(Cc2ccc(N)cc2)C(=O)C1. The molecule has 1 amide bonds. The van der Waals surface area contributed by atoms with E-state index in [0.717, 1.165) is 30.9 Å². The van der Waals surface area contributed by atoms with Gasteiger partial charge in [0, 0.05) is 31.9 Å². The molecule has 103 valence electrons. The maximum Gasteiger partial charge on any atom is 0.237 e. The van der Waals surface area contributed by atoms with Crippen LogP contribution in [-0.2, 0) is 11.3 Å². The van der Waals surface area contributed by atoms with E-state index >= 15 is 0 Å². The largest absolute Gasteiger partial charge is 0.399 e. The Morgan fingerprint density at radius 2 is 1.89 bits per heavy atom. The molecular formula is C15H22N3O. The van der Waals surface area contributed by atoms with Gasteiger partial charge in [0.1, 0.15) is 0 Å². The van der Waals surface area contributed by atoms with Gasteiger partial charge in [-0.3, -0.25) is 9.69 Å². The molecule has 4 nitrogen and oxygen atoms in total. The van der Waals surface area contributed by atoms with E-state index in [1.807, 2.05) is 29.2 Å². The van der Waals surface area contributed by atoms with Crippen molar-refractivity contribution in [3.8, 4) is 0 Å². The summed E-state index contributed by atoms with van der Waals surface area (Å²) in [4.78, 5) is 16.2. The van der Waals surface area contributed by atoms with Crippen molar-refractivity contribution >= 4 is 11.6 Å². The first-order valence-electron chi connectivity index (χ1n) is 6.68. The van der Waals surface area contributed by atoms with Gasteiger partial charge in [-0.25, -0.2) is 0 Å². The van der Waals surface area contributed by atoms with Crippen molar-refractivity contribution in [2.75, 3.05) is 31.9 Å². The molecule has 0 aliphatic carbocycles. The van der Waals surface area contributed by atoms with Crippen molar-refractivity contribution in [3.63, 3.8) is 0 Å². The molecule has 1 fully saturated rings. The van der Waals surface area contributed by atoms with Crippen molar-refractivity contribution in [2.45, 2.75) is 20.4 Å². The summed E-state index contributed by atoms with van der Waals surface area (Å²) >= 11 is 0. The van der Waals surface area contributed by atoms with Crippen LogP contribution in [0.4, 0.5) is 5.69 Å². The number of hydrogen-bond acceptors (Lipinski definition) is 3. The van der Waals surface area contributed by atoms with E-state index in [4.69, 9.17) is 5.73 Å². The summed E-state index contributed by atoms with van der Waals surface area (Å²) in [5.74, 6) is 1.56. The average molecular weight is 260 g/mol. The molecule has 1 aliphatic rings. The lowest BCUT2D eigenvalue weighted by molar-refractivity contribution is -0.136. The normalized spacial score (nSPS) is 17.2. The highest BCUT2D eigenvalue weighted by Crippen LogP contribution is 2.12. The minimum Gasteiger partial charge on any atom is -0.399 e. The molecular weight excluding hydrogens is 238 g/mol. The lowest BCUT2D eigenvalue weighted by Gasteiger charge is -2.35. The van der Waals surface area contributed by atoms with Gasteiger partial charge in [-0.1, -0.05) is 26.0 Å². The first-order valence-corrected chi connectivity index (χ1v) is 6.68. The third-order valence-electron chi connectivity index (χ3n) is 3.29. The number of piperazine rings is 1. The first-order chi connectivity index (χ1) is 9.04. The molecule has 0 bridgehead atoms. The Hall–Kier alpha value is -1.55. The summed E-state index contributed by atoms with van der Waals surface area (Å²) in [6.45, 7) is 8.09. The van der Waals surface area contributed by atoms with Gasteiger partial charge in [0.25, 0.3) is 0 Å². The molecule has 2 N–H and O–H groups in total. The number of carbonyl (C=O) groups excluding carboxylic acids is 1. The van der Waals surface area contributed by atoms with E-state index in [9.17, 15) is 4.79 Å². The molecule has 0 aromatic heterocycles. The number of rotatable bonds is 4. The van der Waals surface area contributed by atoms with Crippen molar-refractivity contribution in [1.82, 2.24) is 9.80 Å². The van der Waals surface area contributed by atoms with E-state index in [1.165, 1.54) is 5.92 Å². The summed E-state index contributed by atoms with van der Waals surface area (Å²) in [7, 11) is 0. The Bertz CT molecular complexity index is 428. The van der Waals surface area contributed by atoms with Crippen LogP contribution in [0.5, 0.6) is 0 Å². The minimum atomic E-state index is 0.212. The minimum absolute atomic E-state index is 0.212. The zero-order valence-electron chi connectivity index (χ0n) is 11.7. The molecule has 1 heterocycles. The summed E-state index contributed by atoms with van der Waals surface area (Å²) in [6.07, 6.45) is 0. The Morgan fingerprint density at radius 3 is 2.47 bits per heavy atom. The predicted molar refractivity (Wildman–Crippen MR) is 77.3 cm³/mol. The summed E-state index contributed by atoms with van der Waals surface area (Å²) in [6, 6.07) is 7.73. The quantitative estimate of drug-likeness (QED) is 0.835. The number of hydrogen-bond donors (Lipinski definition) is 1. The highest BCUT2D eigenvalue weighted by molar-refractivity contribution is 5.79. The molecule has 19 heavy (non-hydrogen) atoms. The summed E-state index contributed by atoms with van der Waals surface area (Å²) in [5.41, 5.74) is 7.55. The number of nitrogens with zero attached hydrogens (tertiary/aromatic N) is 2. The smallest absolute Gasteiger partial charge is 0.237 e. The fourth-order valence-corrected chi connectivity index (χ4v) is 2.35. The van der Waals surface area contributed by atoms with Crippen LogP contribution in [0.3, 0.4) is 0 Å². The zero-order valence-corrected chi connectivity index (χ0v) is 11.7. The Morgan fingerprint density at radius 1 is 1.21 bits per heavy atom.